The monoisotopic (exact) mass is 306 g/mol. The normalized spacial score (nSPS) is 21.1. The smallest absolute Gasteiger partial charge is 0.0331 e. The van der Waals surface area contributed by atoms with E-state index in [1.54, 1.807) is 4.88 Å². The minimum absolute atomic E-state index is 0.294. The topological polar surface area (TPSA) is 15.3 Å². The van der Waals surface area contributed by atoms with E-state index in [2.05, 4.69) is 43.1 Å². The van der Waals surface area contributed by atoms with E-state index < -0.39 is 0 Å². The summed E-state index contributed by atoms with van der Waals surface area (Å²) in [5.74, 6) is 0.911. The van der Waals surface area contributed by atoms with E-state index in [4.69, 9.17) is 0 Å². The van der Waals surface area contributed by atoms with Crippen molar-refractivity contribution in [1.29, 1.82) is 0 Å². The number of hydrogen-bond donors (Lipinski definition) is 1. The SMILES string of the molecule is CC(C)(C)c1ccc(CN(CC2CCNCC2)C2CC2)s1. The molecule has 0 atom stereocenters. The predicted octanol–water partition coefficient (Wildman–Crippen LogP) is 4.01. The van der Waals surface area contributed by atoms with E-state index in [1.165, 1.54) is 56.7 Å². The lowest BCUT2D eigenvalue weighted by Gasteiger charge is -2.30. The molecule has 2 nitrogen and oxygen atoms in total. The molecule has 0 radical (unpaired) electrons. The van der Waals surface area contributed by atoms with Crippen molar-refractivity contribution in [2.75, 3.05) is 19.6 Å². The molecule has 0 amide bonds. The van der Waals surface area contributed by atoms with Gasteiger partial charge < -0.3 is 5.32 Å². The van der Waals surface area contributed by atoms with Crippen LogP contribution < -0.4 is 5.32 Å². The van der Waals surface area contributed by atoms with Crippen LogP contribution >= 0.6 is 11.3 Å². The van der Waals surface area contributed by atoms with E-state index in [9.17, 15) is 0 Å². The standard InChI is InChI=1S/C18H30N2S/c1-18(2,3)17-7-6-16(21-17)13-20(15-4-5-15)12-14-8-10-19-11-9-14/h6-7,14-15,19H,4-5,8-13H2,1-3H3. The summed E-state index contributed by atoms with van der Waals surface area (Å²) in [4.78, 5) is 5.85. The van der Waals surface area contributed by atoms with Crippen molar-refractivity contribution in [1.82, 2.24) is 10.2 Å². The lowest BCUT2D eigenvalue weighted by molar-refractivity contribution is 0.191. The van der Waals surface area contributed by atoms with Gasteiger partial charge in [0.05, 0.1) is 0 Å². The summed E-state index contributed by atoms with van der Waals surface area (Å²) in [5.41, 5.74) is 0.294. The van der Waals surface area contributed by atoms with E-state index in [-0.39, 0.29) is 0 Å². The molecule has 3 heteroatoms. The van der Waals surface area contributed by atoms with Gasteiger partial charge in [0, 0.05) is 28.9 Å². The predicted molar refractivity (Wildman–Crippen MR) is 92.0 cm³/mol. The zero-order valence-corrected chi connectivity index (χ0v) is 14.6. The van der Waals surface area contributed by atoms with Crippen molar-refractivity contribution in [2.24, 2.45) is 5.92 Å². The maximum atomic E-state index is 3.49. The van der Waals surface area contributed by atoms with Gasteiger partial charge in [-0.3, -0.25) is 4.90 Å². The van der Waals surface area contributed by atoms with Crippen LogP contribution in [-0.4, -0.2) is 30.6 Å². The van der Waals surface area contributed by atoms with E-state index in [0.717, 1.165) is 12.0 Å². The van der Waals surface area contributed by atoms with E-state index in [0.29, 0.717) is 5.41 Å². The summed E-state index contributed by atoms with van der Waals surface area (Å²) < 4.78 is 0. The van der Waals surface area contributed by atoms with Crippen LogP contribution in [0.1, 0.15) is 56.2 Å². The van der Waals surface area contributed by atoms with E-state index in [1.807, 2.05) is 11.3 Å². The highest BCUT2D eigenvalue weighted by Crippen LogP contribution is 2.34. The third-order valence-electron chi connectivity index (χ3n) is 4.77. The Morgan fingerprint density at radius 2 is 1.86 bits per heavy atom. The molecule has 2 aliphatic rings. The average Bonchev–Trinajstić information content (AvgIpc) is 3.17. The fourth-order valence-electron chi connectivity index (χ4n) is 3.24. The molecule has 0 bridgehead atoms. The fourth-order valence-corrected chi connectivity index (χ4v) is 4.34. The first-order valence-corrected chi connectivity index (χ1v) is 9.38. The van der Waals surface area contributed by atoms with Crippen LogP contribution in [0.15, 0.2) is 12.1 Å². The molecule has 1 saturated heterocycles. The van der Waals surface area contributed by atoms with Crippen molar-refractivity contribution >= 4 is 11.3 Å². The van der Waals surface area contributed by atoms with Crippen molar-refractivity contribution < 1.29 is 0 Å². The Morgan fingerprint density at radius 1 is 1.14 bits per heavy atom. The Hall–Kier alpha value is -0.380. The molecule has 0 spiro atoms. The molecular weight excluding hydrogens is 276 g/mol. The molecule has 0 unspecified atom stereocenters. The van der Waals surface area contributed by atoms with Crippen molar-refractivity contribution in [3.8, 4) is 0 Å². The van der Waals surface area contributed by atoms with Gasteiger partial charge in [0.15, 0.2) is 0 Å². The zero-order chi connectivity index (χ0) is 14.9. The van der Waals surface area contributed by atoms with Crippen molar-refractivity contribution in [3.63, 3.8) is 0 Å². The summed E-state index contributed by atoms with van der Waals surface area (Å²) in [5, 5.41) is 3.49. The molecule has 1 aliphatic heterocycles. The summed E-state index contributed by atoms with van der Waals surface area (Å²) in [7, 11) is 0. The second-order valence-electron chi connectivity index (χ2n) is 7.87. The average molecular weight is 307 g/mol. The Labute approximate surface area is 133 Å². The van der Waals surface area contributed by atoms with Crippen LogP contribution in [0, 0.1) is 5.92 Å². The first kappa shape index (κ1) is 15.5. The highest BCUT2D eigenvalue weighted by Gasteiger charge is 2.31. The third-order valence-corrected chi connectivity index (χ3v) is 6.27. The Balaban J connectivity index is 1.61. The molecule has 2 fully saturated rings. The summed E-state index contributed by atoms with van der Waals surface area (Å²) in [6, 6.07) is 5.58. The van der Waals surface area contributed by atoms with Crippen LogP contribution in [0.3, 0.4) is 0 Å². The highest BCUT2D eigenvalue weighted by molar-refractivity contribution is 7.12. The van der Waals surface area contributed by atoms with Gasteiger partial charge >= 0.3 is 0 Å². The summed E-state index contributed by atoms with van der Waals surface area (Å²) in [6.07, 6.45) is 5.56. The number of hydrogen-bond acceptors (Lipinski definition) is 3. The van der Waals surface area contributed by atoms with Gasteiger partial charge in [0.2, 0.25) is 0 Å². The van der Waals surface area contributed by atoms with Gasteiger partial charge in [0.25, 0.3) is 0 Å². The fraction of sp³-hybridized carbons (Fsp3) is 0.778. The number of nitrogens with one attached hydrogen (secondary N) is 1. The van der Waals surface area contributed by atoms with E-state index >= 15 is 0 Å². The molecule has 1 aromatic rings. The molecule has 118 valence electrons. The number of rotatable bonds is 5. The second-order valence-corrected chi connectivity index (χ2v) is 9.04. The van der Waals surface area contributed by atoms with Crippen LogP contribution in [0.25, 0.3) is 0 Å². The number of piperidine rings is 1. The maximum Gasteiger partial charge on any atom is 0.0331 e. The van der Waals surface area contributed by atoms with Crippen LogP contribution in [0.4, 0.5) is 0 Å². The molecule has 1 aromatic heterocycles. The van der Waals surface area contributed by atoms with Gasteiger partial charge in [-0.05, 0) is 62.2 Å². The highest BCUT2D eigenvalue weighted by atomic mass is 32.1. The Bertz CT molecular complexity index is 450. The van der Waals surface area contributed by atoms with Gasteiger partial charge in [0.1, 0.15) is 0 Å². The van der Waals surface area contributed by atoms with Gasteiger partial charge in [-0.2, -0.15) is 0 Å². The van der Waals surface area contributed by atoms with Gasteiger partial charge in [-0.15, -0.1) is 11.3 Å². The molecule has 2 heterocycles. The Kier molecular flexibility index (Phi) is 4.72. The molecule has 1 N–H and O–H groups in total. The zero-order valence-electron chi connectivity index (χ0n) is 13.8. The first-order valence-electron chi connectivity index (χ1n) is 8.56. The maximum absolute atomic E-state index is 3.49. The Morgan fingerprint density at radius 3 is 2.43 bits per heavy atom. The molecule has 1 saturated carbocycles. The molecule has 21 heavy (non-hydrogen) atoms. The lowest BCUT2D eigenvalue weighted by Crippen LogP contribution is -2.36. The molecular formula is C18H30N2S. The largest absolute Gasteiger partial charge is 0.317 e. The minimum atomic E-state index is 0.294. The van der Waals surface area contributed by atoms with Crippen molar-refractivity contribution in [2.45, 2.75) is 64.5 Å². The quantitative estimate of drug-likeness (QED) is 0.884. The minimum Gasteiger partial charge on any atom is -0.317 e. The third kappa shape index (κ3) is 4.30. The van der Waals surface area contributed by atoms with Crippen LogP contribution in [0.2, 0.25) is 0 Å². The lowest BCUT2D eigenvalue weighted by atomic mass is 9.95. The van der Waals surface area contributed by atoms with Crippen LogP contribution in [-0.2, 0) is 12.0 Å². The molecule has 0 aromatic carbocycles. The van der Waals surface area contributed by atoms with Crippen molar-refractivity contribution in [3.05, 3.63) is 21.9 Å². The second kappa shape index (κ2) is 6.39. The summed E-state index contributed by atoms with van der Waals surface area (Å²) >= 11 is 2.02. The number of nitrogens with zero attached hydrogens (tertiary/aromatic N) is 1. The molecule has 3 rings (SSSR count). The van der Waals surface area contributed by atoms with Crippen LogP contribution in [0.5, 0.6) is 0 Å². The first-order chi connectivity index (χ1) is 10.0. The summed E-state index contributed by atoms with van der Waals surface area (Å²) in [6.45, 7) is 11.9. The molecule has 1 aliphatic carbocycles. The van der Waals surface area contributed by atoms with Gasteiger partial charge in [-0.1, -0.05) is 20.8 Å². The number of thiophene rings is 1. The van der Waals surface area contributed by atoms with Gasteiger partial charge in [-0.25, -0.2) is 0 Å².